The lowest BCUT2D eigenvalue weighted by atomic mass is 9.85. The van der Waals surface area contributed by atoms with Crippen LogP contribution < -0.4 is 0 Å². The Labute approximate surface area is 115 Å². The molecule has 3 atom stereocenters. The van der Waals surface area contributed by atoms with E-state index >= 15 is 0 Å². The summed E-state index contributed by atoms with van der Waals surface area (Å²) in [6, 6.07) is 4.79. The second-order valence-corrected chi connectivity index (χ2v) is 5.46. The highest BCUT2D eigenvalue weighted by Crippen LogP contribution is 2.45. The number of aliphatic hydroxyl groups excluding tert-OH is 1. The predicted molar refractivity (Wildman–Crippen MR) is 70.7 cm³/mol. The van der Waals surface area contributed by atoms with Gasteiger partial charge in [-0.2, -0.15) is 0 Å². The Balaban J connectivity index is 1.85. The zero-order valence-corrected chi connectivity index (χ0v) is 10.9. The first-order chi connectivity index (χ1) is 9.75. The zero-order valence-electron chi connectivity index (χ0n) is 10.9. The number of benzene rings is 1. The fourth-order valence-electron chi connectivity index (χ4n) is 3.44. The van der Waals surface area contributed by atoms with Crippen molar-refractivity contribution in [3.63, 3.8) is 0 Å². The minimum atomic E-state index is -0.529. The van der Waals surface area contributed by atoms with Crippen LogP contribution in [0.15, 0.2) is 30.7 Å². The molecule has 0 bridgehead atoms. The maximum atomic E-state index is 13.6. The van der Waals surface area contributed by atoms with E-state index in [9.17, 15) is 9.50 Å². The smallest absolute Gasteiger partial charge is 0.123 e. The molecule has 1 N–H and O–H groups in total. The quantitative estimate of drug-likeness (QED) is 0.865. The molecule has 1 unspecified atom stereocenters. The third-order valence-electron chi connectivity index (χ3n) is 4.36. The molecule has 2 aliphatic heterocycles. The van der Waals surface area contributed by atoms with Gasteiger partial charge in [0.1, 0.15) is 5.82 Å². The molecular formula is C15H15FN2O2. The van der Waals surface area contributed by atoms with Gasteiger partial charge >= 0.3 is 0 Å². The van der Waals surface area contributed by atoms with Crippen LogP contribution in [0.25, 0.3) is 11.3 Å². The molecule has 1 saturated heterocycles. The van der Waals surface area contributed by atoms with E-state index < -0.39 is 6.10 Å². The SMILES string of the molecule is O[C@@H]1COCC[C@H]1C1c2cc(F)ccc2-c2cncn21. The van der Waals surface area contributed by atoms with Crippen molar-refractivity contribution in [2.75, 3.05) is 13.2 Å². The topological polar surface area (TPSA) is 47.3 Å². The summed E-state index contributed by atoms with van der Waals surface area (Å²) in [6.45, 7) is 0.975. The van der Waals surface area contributed by atoms with E-state index in [1.54, 1.807) is 24.7 Å². The highest BCUT2D eigenvalue weighted by Gasteiger charge is 2.39. The summed E-state index contributed by atoms with van der Waals surface area (Å²) in [4.78, 5) is 4.19. The van der Waals surface area contributed by atoms with E-state index in [1.165, 1.54) is 6.07 Å². The maximum Gasteiger partial charge on any atom is 0.123 e. The summed E-state index contributed by atoms with van der Waals surface area (Å²) < 4.78 is 21.0. The molecule has 0 radical (unpaired) electrons. The van der Waals surface area contributed by atoms with Crippen LogP contribution in [0.3, 0.4) is 0 Å². The largest absolute Gasteiger partial charge is 0.390 e. The Morgan fingerprint density at radius 2 is 2.30 bits per heavy atom. The molecule has 2 aromatic rings. The van der Waals surface area contributed by atoms with Crippen molar-refractivity contribution in [2.24, 2.45) is 5.92 Å². The highest BCUT2D eigenvalue weighted by molar-refractivity contribution is 5.69. The normalized spacial score (nSPS) is 28.2. The lowest BCUT2D eigenvalue weighted by Gasteiger charge is -2.33. The van der Waals surface area contributed by atoms with Crippen LogP contribution in [0.1, 0.15) is 18.0 Å². The van der Waals surface area contributed by atoms with Crippen LogP contribution in [-0.4, -0.2) is 34.0 Å². The predicted octanol–water partition coefficient (Wildman–Crippen LogP) is 1.99. The lowest BCUT2D eigenvalue weighted by molar-refractivity contribution is -0.0540. The summed E-state index contributed by atoms with van der Waals surface area (Å²) in [5, 5.41) is 10.2. The first kappa shape index (κ1) is 12.1. The first-order valence-corrected chi connectivity index (χ1v) is 6.83. The molecule has 5 heteroatoms. The van der Waals surface area contributed by atoms with E-state index in [0.29, 0.717) is 13.2 Å². The Bertz CT molecular complexity index is 655. The second-order valence-electron chi connectivity index (χ2n) is 5.46. The van der Waals surface area contributed by atoms with E-state index in [1.807, 2.05) is 4.57 Å². The molecule has 1 aromatic carbocycles. The molecule has 4 rings (SSSR count). The van der Waals surface area contributed by atoms with Crippen molar-refractivity contribution >= 4 is 0 Å². The summed E-state index contributed by atoms with van der Waals surface area (Å²) in [5.41, 5.74) is 2.93. The van der Waals surface area contributed by atoms with Gasteiger partial charge in [-0.1, -0.05) is 0 Å². The molecular weight excluding hydrogens is 259 g/mol. The average Bonchev–Trinajstić information content (AvgIpc) is 3.00. The van der Waals surface area contributed by atoms with Crippen LogP contribution >= 0.6 is 0 Å². The molecule has 3 heterocycles. The van der Waals surface area contributed by atoms with Gasteiger partial charge in [0.15, 0.2) is 0 Å². The van der Waals surface area contributed by atoms with Gasteiger partial charge in [-0.3, -0.25) is 0 Å². The number of hydrogen-bond acceptors (Lipinski definition) is 3. The molecule has 0 amide bonds. The van der Waals surface area contributed by atoms with Gasteiger partial charge in [-0.15, -0.1) is 0 Å². The monoisotopic (exact) mass is 274 g/mol. The van der Waals surface area contributed by atoms with Gasteiger partial charge in [0, 0.05) is 18.1 Å². The van der Waals surface area contributed by atoms with E-state index in [0.717, 1.165) is 23.2 Å². The van der Waals surface area contributed by atoms with Crippen LogP contribution in [0.5, 0.6) is 0 Å². The van der Waals surface area contributed by atoms with Crippen molar-refractivity contribution in [2.45, 2.75) is 18.6 Å². The Hall–Kier alpha value is -1.72. The van der Waals surface area contributed by atoms with Gasteiger partial charge < -0.3 is 14.4 Å². The van der Waals surface area contributed by atoms with Gasteiger partial charge in [-0.05, 0) is 30.2 Å². The molecule has 20 heavy (non-hydrogen) atoms. The van der Waals surface area contributed by atoms with Gasteiger partial charge in [0.05, 0.1) is 37.0 Å². The second kappa shape index (κ2) is 4.40. The van der Waals surface area contributed by atoms with E-state index in [-0.39, 0.29) is 17.8 Å². The fourth-order valence-corrected chi connectivity index (χ4v) is 3.44. The Morgan fingerprint density at radius 3 is 3.15 bits per heavy atom. The maximum absolute atomic E-state index is 13.6. The minimum absolute atomic E-state index is 0.0275. The van der Waals surface area contributed by atoms with Crippen molar-refractivity contribution in [3.8, 4) is 11.3 Å². The third kappa shape index (κ3) is 1.63. The number of hydrogen-bond donors (Lipinski definition) is 1. The summed E-state index contributed by atoms with van der Waals surface area (Å²) in [5.74, 6) is -0.214. The fraction of sp³-hybridized carbons (Fsp3) is 0.400. The number of rotatable bonds is 1. The summed E-state index contributed by atoms with van der Waals surface area (Å²) in [7, 11) is 0. The Morgan fingerprint density at radius 1 is 1.40 bits per heavy atom. The number of ether oxygens (including phenoxy) is 1. The molecule has 0 saturated carbocycles. The molecule has 2 aliphatic rings. The third-order valence-corrected chi connectivity index (χ3v) is 4.36. The van der Waals surface area contributed by atoms with Crippen molar-refractivity contribution < 1.29 is 14.2 Å². The average molecular weight is 274 g/mol. The first-order valence-electron chi connectivity index (χ1n) is 6.83. The van der Waals surface area contributed by atoms with Crippen LogP contribution in [0, 0.1) is 11.7 Å². The summed E-state index contributed by atoms with van der Waals surface area (Å²) >= 11 is 0. The molecule has 1 fully saturated rings. The van der Waals surface area contributed by atoms with Crippen molar-refractivity contribution in [1.29, 1.82) is 0 Å². The number of aromatic nitrogens is 2. The number of fused-ring (bicyclic) bond motifs is 3. The minimum Gasteiger partial charge on any atom is -0.390 e. The molecule has 4 nitrogen and oxygen atoms in total. The van der Waals surface area contributed by atoms with E-state index in [4.69, 9.17) is 4.74 Å². The van der Waals surface area contributed by atoms with E-state index in [2.05, 4.69) is 4.98 Å². The standard InChI is InChI=1S/C15H15FN2O2/c16-9-1-2-10-12(5-9)15(18-8-17-6-13(10)18)11-3-4-20-7-14(11)19/h1-2,5-6,8,11,14-15,19H,3-4,7H2/t11-,14-,15?/m1/s1. The van der Waals surface area contributed by atoms with Gasteiger partial charge in [0.2, 0.25) is 0 Å². The number of nitrogens with zero attached hydrogens (tertiary/aromatic N) is 2. The Kier molecular flexibility index (Phi) is 2.65. The zero-order chi connectivity index (χ0) is 13.7. The van der Waals surface area contributed by atoms with Gasteiger partial charge in [0.25, 0.3) is 0 Å². The van der Waals surface area contributed by atoms with Crippen molar-refractivity contribution in [1.82, 2.24) is 9.55 Å². The van der Waals surface area contributed by atoms with Gasteiger partial charge in [-0.25, -0.2) is 9.37 Å². The van der Waals surface area contributed by atoms with Crippen LogP contribution in [-0.2, 0) is 4.74 Å². The van der Waals surface area contributed by atoms with Crippen molar-refractivity contribution in [3.05, 3.63) is 42.1 Å². The molecule has 104 valence electrons. The highest BCUT2D eigenvalue weighted by atomic mass is 19.1. The molecule has 1 aromatic heterocycles. The number of imidazole rings is 1. The lowest BCUT2D eigenvalue weighted by Crippen LogP contribution is -2.37. The summed E-state index contributed by atoms with van der Waals surface area (Å²) in [6.07, 6.45) is 3.79. The van der Waals surface area contributed by atoms with Crippen LogP contribution in [0.4, 0.5) is 4.39 Å². The number of halogens is 1. The number of aliphatic hydroxyl groups is 1. The van der Waals surface area contributed by atoms with Crippen LogP contribution in [0.2, 0.25) is 0 Å². The molecule has 0 spiro atoms. The molecule has 0 aliphatic carbocycles.